The van der Waals surface area contributed by atoms with Crippen LogP contribution in [-0.4, -0.2) is 90.9 Å². The van der Waals surface area contributed by atoms with Gasteiger partial charge in [-0.3, -0.25) is 19.2 Å². The molecule has 2 heterocycles. The Morgan fingerprint density at radius 3 is 2.35 bits per heavy atom. The topological polar surface area (TPSA) is 96.5 Å². The molecule has 0 spiro atoms. The van der Waals surface area contributed by atoms with Crippen LogP contribution in [0.3, 0.4) is 0 Å². The summed E-state index contributed by atoms with van der Waals surface area (Å²) >= 11 is 1.59. The number of methoxy groups -OCH3 is 1. The molecule has 228 valence electrons. The molecule has 3 aromatic rings. The van der Waals surface area contributed by atoms with Crippen molar-refractivity contribution in [2.45, 2.75) is 38.6 Å². The van der Waals surface area contributed by atoms with E-state index in [-0.39, 0.29) is 50.4 Å². The Hall–Kier alpha value is -4.18. The molecule has 4 rings (SSSR count). The average Bonchev–Trinajstić information content (AvgIpc) is 3.54. The predicted molar refractivity (Wildman–Crippen MR) is 165 cm³/mol. The standard InChI is InChI=1S/C33H39N3O6S/c1-3-42-32(39)24-34(18-15-26-11-13-27(41-2)14-12-26)30(37)22-29-33(40)35(19-16-25-8-5-4-6-9-25)23-31(38)36(29)20-17-28-10-7-21-43-28/h4-14,21,29H,3,15-20,22-24H2,1-2H3. The highest BCUT2D eigenvalue weighted by Gasteiger charge is 2.41. The van der Waals surface area contributed by atoms with Crippen LogP contribution in [0.15, 0.2) is 72.1 Å². The third-order valence-electron chi connectivity index (χ3n) is 7.49. The van der Waals surface area contributed by atoms with E-state index in [1.54, 1.807) is 35.2 Å². The predicted octanol–water partition coefficient (Wildman–Crippen LogP) is 3.61. The second-order valence-corrected chi connectivity index (χ2v) is 11.4. The highest BCUT2D eigenvalue weighted by atomic mass is 32.1. The summed E-state index contributed by atoms with van der Waals surface area (Å²) in [6, 6.07) is 20.3. The normalized spacial score (nSPS) is 15.0. The van der Waals surface area contributed by atoms with Gasteiger partial charge in [0.05, 0.1) is 26.7 Å². The Morgan fingerprint density at radius 2 is 1.67 bits per heavy atom. The van der Waals surface area contributed by atoms with Gasteiger partial charge in [-0.05, 0) is 60.9 Å². The van der Waals surface area contributed by atoms with Gasteiger partial charge in [0.1, 0.15) is 18.3 Å². The Labute approximate surface area is 257 Å². The van der Waals surface area contributed by atoms with Gasteiger partial charge in [-0.15, -0.1) is 11.3 Å². The number of carbonyl (C=O) groups is 4. The van der Waals surface area contributed by atoms with Gasteiger partial charge >= 0.3 is 5.97 Å². The van der Waals surface area contributed by atoms with E-state index >= 15 is 0 Å². The summed E-state index contributed by atoms with van der Waals surface area (Å²) in [6.45, 7) is 2.62. The van der Waals surface area contributed by atoms with Crippen molar-refractivity contribution in [2.24, 2.45) is 0 Å². The molecule has 0 aliphatic carbocycles. The number of amides is 3. The quantitative estimate of drug-likeness (QED) is 0.246. The van der Waals surface area contributed by atoms with Crippen molar-refractivity contribution in [2.75, 3.05) is 46.4 Å². The maximum absolute atomic E-state index is 13.8. The molecule has 1 unspecified atom stereocenters. The maximum Gasteiger partial charge on any atom is 0.325 e. The van der Waals surface area contributed by atoms with Crippen LogP contribution in [0.1, 0.15) is 29.3 Å². The molecule has 3 amide bonds. The second kappa shape index (κ2) is 15.9. The zero-order chi connectivity index (χ0) is 30.6. The maximum atomic E-state index is 13.8. The van der Waals surface area contributed by atoms with Gasteiger partial charge in [0.2, 0.25) is 17.7 Å². The van der Waals surface area contributed by atoms with Gasteiger partial charge in [0.15, 0.2) is 0 Å². The lowest BCUT2D eigenvalue weighted by atomic mass is 10.0. The number of carbonyl (C=O) groups excluding carboxylic acids is 4. The number of rotatable bonds is 15. The smallest absolute Gasteiger partial charge is 0.325 e. The van der Waals surface area contributed by atoms with E-state index in [9.17, 15) is 19.2 Å². The minimum atomic E-state index is -0.949. The van der Waals surface area contributed by atoms with Crippen LogP contribution in [0.25, 0.3) is 0 Å². The van der Waals surface area contributed by atoms with Crippen LogP contribution in [-0.2, 0) is 43.2 Å². The molecule has 0 bridgehead atoms. The molecule has 0 saturated carbocycles. The fraction of sp³-hybridized carbons (Fsp3) is 0.394. The molecule has 0 N–H and O–H groups in total. The number of esters is 1. The molecular weight excluding hydrogens is 566 g/mol. The van der Waals surface area contributed by atoms with E-state index in [2.05, 4.69) is 0 Å². The van der Waals surface area contributed by atoms with Crippen molar-refractivity contribution in [1.29, 1.82) is 0 Å². The summed E-state index contributed by atoms with van der Waals surface area (Å²) in [4.78, 5) is 59.2. The molecule has 1 saturated heterocycles. The number of hydrogen-bond acceptors (Lipinski definition) is 7. The summed E-state index contributed by atoms with van der Waals surface area (Å²) < 4.78 is 10.4. The fourth-order valence-electron chi connectivity index (χ4n) is 5.12. The van der Waals surface area contributed by atoms with Crippen LogP contribution in [0.2, 0.25) is 0 Å². The highest BCUT2D eigenvalue weighted by Crippen LogP contribution is 2.20. The minimum absolute atomic E-state index is 0.0230. The molecule has 0 radical (unpaired) electrons. The lowest BCUT2D eigenvalue weighted by molar-refractivity contribution is -0.158. The largest absolute Gasteiger partial charge is 0.497 e. The number of ether oxygens (including phenoxy) is 2. The van der Waals surface area contributed by atoms with E-state index in [4.69, 9.17) is 9.47 Å². The first-order valence-electron chi connectivity index (χ1n) is 14.6. The molecule has 1 aromatic heterocycles. The van der Waals surface area contributed by atoms with Gasteiger partial charge in [-0.25, -0.2) is 0 Å². The van der Waals surface area contributed by atoms with Crippen molar-refractivity contribution < 1.29 is 28.7 Å². The Bertz CT molecular complexity index is 1350. The third-order valence-corrected chi connectivity index (χ3v) is 8.42. The number of nitrogens with zero attached hydrogens (tertiary/aromatic N) is 3. The molecule has 1 aliphatic heterocycles. The van der Waals surface area contributed by atoms with E-state index in [1.165, 1.54) is 4.90 Å². The number of benzene rings is 2. The van der Waals surface area contributed by atoms with Gasteiger partial charge in [0, 0.05) is 24.5 Å². The third kappa shape index (κ3) is 9.15. The summed E-state index contributed by atoms with van der Waals surface area (Å²) in [5.74, 6) is -0.601. The lowest BCUT2D eigenvalue weighted by Gasteiger charge is -2.40. The summed E-state index contributed by atoms with van der Waals surface area (Å²) in [5.41, 5.74) is 2.03. The molecule has 43 heavy (non-hydrogen) atoms. The lowest BCUT2D eigenvalue weighted by Crippen LogP contribution is -2.61. The number of hydrogen-bond donors (Lipinski definition) is 0. The molecule has 1 fully saturated rings. The van der Waals surface area contributed by atoms with Crippen molar-refractivity contribution in [3.63, 3.8) is 0 Å². The minimum Gasteiger partial charge on any atom is -0.497 e. The van der Waals surface area contributed by atoms with Crippen LogP contribution in [0.5, 0.6) is 5.75 Å². The van der Waals surface area contributed by atoms with Crippen LogP contribution in [0, 0.1) is 0 Å². The molecule has 10 heteroatoms. The zero-order valence-corrected chi connectivity index (χ0v) is 25.6. The van der Waals surface area contributed by atoms with Crippen LogP contribution < -0.4 is 4.74 Å². The number of piperazine rings is 1. The van der Waals surface area contributed by atoms with E-state index in [1.807, 2.05) is 72.1 Å². The monoisotopic (exact) mass is 605 g/mol. The van der Waals surface area contributed by atoms with Crippen molar-refractivity contribution >= 4 is 35.0 Å². The molecule has 1 aliphatic rings. The van der Waals surface area contributed by atoms with Crippen molar-refractivity contribution in [1.82, 2.24) is 14.7 Å². The first-order valence-corrected chi connectivity index (χ1v) is 15.5. The first-order chi connectivity index (χ1) is 20.9. The van der Waals surface area contributed by atoms with E-state index in [0.29, 0.717) is 32.4 Å². The Balaban J connectivity index is 1.51. The molecule has 9 nitrogen and oxygen atoms in total. The first kappa shape index (κ1) is 31.7. The van der Waals surface area contributed by atoms with Crippen LogP contribution >= 0.6 is 11.3 Å². The summed E-state index contributed by atoms with van der Waals surface area (Å²) in [6.07, 6.45) is 1.48. The molecular formula is C33H39N3O6S. The average molecular weight is 606 g/mol. The molecule has 2 aromatic carbocycles. The van der Waals surface area contributed by atoms with Crippen molar-refractivity contribution in [3.8, 4) is 5.75 Å². The van der Waals surface area contributed by atoms with E-state index < -0.39 is 12.0 Å². The van der Waals surface area contributed by atoms with E-state index in [0.717, 1.165) is 21.8 Å². The zero-order valence-electron chi connectivity index (χ0n) is 24.8. The SMILES string of the molecule is CCOC(=O)CN(CCc1ccc(OC)cc1)C(=O)CC1C(=O)N(CCc2ccccc2)CC(=O)N1CCc1cccs1. The number of thiophene rings is 1. The molecule has 1 atom stereocenters. The van der Waals surface area contributed by atoms with Crippen molar-refractivity contribution in [3.05, 3.63) is 88.1 Å². The fourth-order valence-corrected chi connectivity index (χ4v) is 5.81. The summed E-state index contributed by atoms with van der Waals surface area (Å²) in [7, 11) is 1.60. The van der Waals surface area contributed by atoms with Gasteiger partial charge < -0.3 is 24.2 Å². The Kier molecular flexibility index (Phi) is 11.7. The highest BCUT2D eigenvalue weighted by molar-refractivity contribution is 7.09. The summed E-state index contributed by atoms with van der Waals surface area (Å²) in [5, 5.41) is 1.97. The van der Waals surface area contributed by atoms with Gasteiger partial charge in [-0.1, -0.05) is 48.5 Å². The Morgan fingerprint density at radius 1 is 0.930 bits per heavy atom. The van der Waals surface area contributed by atoms with Gasteiger partial charge in [0.25, 0.3) is 0 Å². The van der Waals surface area contributed by atoms with Gasteiger partial charge in [-0.2, -0.15) is 0 Å². The second-order valence-electron chi connectivity index (χ2n) is 10.4. The van der Waals surface area contributed by atoms with Crippen LogP contribution in [0.4, 0.5) is 0 Å².